The lowest BCUT2D eigenvalue weighted by Gasteiger charge is -2.19. The summed E-state index contributed by atoms with van der Waals surface area (Å²) in [6.07, 6.45) is 0. The summed E-state index contributed by atoms with van der Waals surface area (Å²) in [5, 5.41) is 6.08. The summed E-state index contributed by atoms with van der Waals surface area (Å²) >= 11 is 7.54. The molecule has 2 aromatic carbocycles. The topological polar surface area (TPSA) is 76.7 Å². The van der Waals surface area contributed by atoms with Crippen LogP contribution < -0.4 is 15.4 Å². The number of carbonyl (C=O) groups excluding carboxylic acids is 2. The number of hydrogen-bond acceptors (Lipinski definition) is 5. The number of amides is 2. The van der Waals surface area contributed by atoms with Gasteiger partial charge in [-0.2, -0.15) is 0 Å². The van der Waals surface area contributed by atoms with Gasteiger partial charge in [-0.3, -0.25) is 9.59 Å². The van der Waals surface area contributed by atoms with Crippen molar-refractivity contribution in [1.29, 1.82) is 0 Å². The van der Waals surface area contributed by atoms with E-state index in [0.29, 0.717) is 40.3 Å². The first-order valence-electron chi connectivity index (χ1n) is 9.56. The van der Waals surface area contributed by atoms with E-state index in [2.05, 4.69) is 10.6 Å². The number of carbonyl (C=O) groups is 2. The molecule has 0 fully saturated rings. The molecule has 1 aliphatic rings. The molecule has 0 aliphatic carbocycles. The van der Waals surface area contributed by atoms with Gasteiger partial charge in [-0.15, -0.1) is 11.8 Å². The average molecular weight is 447 g/mol. The van der Waals surface area contributed by atoms with E-state index < -0.39 is 0 Å². The van der Waals surface area contributed by atoms with Gasteiger partial charge in [-0.05, 0) is 38.1 Å². The maximum Gasteiger partial charge on any atom is 0.265 e. The molecule has 30 heavy (non-hydrogen) atoms. The van der Waals surface area contributed by atoms with Crippen LogP contribution in [0.2, 0.25) is 5.02 Å². The summed E-state index contributed by atoms with van der Waals surface area (Å²) in [6, 6.07) is 12.3. The summed E-state index contributed by atoms with van der Waals surface area (Å²) in [4.78, 5) is 26.1. The summed E-state index contributed by atoms with van der Waals surface area (Å²) in [6.45, 7) is 5.05. The highest BCUT2D eigenvalue weighted by Crippen LogP contribution is 2.28. The second-order valence-electron chi connectivity index (χ2n) is 6.45. The van der Waals surface area contributed by atoms with Crippen LogP contribution in [0, 0.1) is 0 Å². The van der Waals surface area contributed by atoms with E-state index in [1.807, 2.05) is 31.2 Å². The van der Waals surface area contributed by atoms with Gasteiger partial charge >= 0.3 is 0 Å². The number of allylic oxidation sites excluding steroid dienone is 1. The first kappa shape index (κ1) is 22.1. The van der Waals surface area contributed by atoms with Crippen molar-refractivity contribution in [3.63, 3.8) is 0 Å². The fourth-order valence-corrected chi connectivity index (χ4v) is 3.93. The quantitative estimate of drug-likeness (QED) is 0.649. The minimum absolute atomic E-state index is 0.281. The van der Waals surface area contributed by atoms with Crippen LogP contribution in [0.5, 0.6) is 5.75 Å². The number of ether oxygens (including phenoxy) is 2. The Balaban J connectivity index is 1.76. The van der Waals surface area contributed by atoms with Crippen molar-refractivity contribution >= 4 is 40.9 Å². The molecule has 0 saturated heterocycles. The normalized spacial score (nSPS) is 13.4. The lowest BCUT2D eigenvalue weighted by molar-refractivity contribution is -0.112. The van der Waals surface area contributed by atoms with Gasteiger partial charge in [0.25, 0.3) is 11.8 Å². The Labute approximate surface area is 185 Å². The highest BCUT2D eigenvalue weighted by atomic mass is 35.5. The van der Waals surface area contributed by atoms with E-state index in [1.54, 1.807) is 19.1 Å². The van der Waals surface area contributed by atoms with Crippen LogP contribution in [0.15, 0.2) is 53.1 Å². The standard InChI is InChI=1S/C22H23ClN2O4S/c1-3-28-19-7-5-4-6-15(19)13-24-21(26)17-12-16(23)8-9-18(17)25-22(27)20-14(2)29-10-11-30-20/h4-9,12H,3,10-11,13H2,1-2H3,(H,24,26)(H,25,27). The average Bonchev–Trinajstić information content (AvgIpc) is 2.74. The molecule has 1 aliphatic heterocycles. The van der Waals surface area contributed by atoms with Gasteiger partial charge in [0.2, 0.25) is 0 Å². The number of hydrogen-bond donors (Lipinski definition) is 2. The monoisotopic (exact) mass is 446 g/mol. The molecular weight excluding hydrogens is 424 g/mol. The van der Waals surface area contributed by atoms with Gasteiger partial charge in [-0.1, -0.05) is 29.8 Å². The van der Waals surface area contributed by atoms with Crippen LogP contribution in [0.3, 0.4) is 0 Å². The third-order valence-electron chi connectivity index (χ3n) is 4.36. The van der Waals surface area contributed by atoms with Crippen molar-refractivity contribution in [2.75, 3.05) is 24.3 Å². The van der Waals surface area contributed by atoms with Crippen molar-refractivity contribution in [2.45, 2.75) is 20.4 Å². The van der Waals surface area contributed by atoms with E-state index in [1.165, 1.54) is 17.8 Å². The molecule has 2 amide bonds. The molecule has 1 heterocycles. The largest absolute Gasteiger partial charge is 0.496 e. The van der Waals surface area contributed by atoms with Crippen LogP contribution in [-0.2, 0) is 16.1 Å². The van der Waals surface area contributed by atoms with Crippen LogP contribution in [0.1, 0.15) is 29.8 Å². The molecule has 0 unspecified atom stereocenters. The van der Waals surface area contributed by atoms with Crippen LogP contribution in [0.4, 0.5) is 5.69 Å². The van der Waals surface area contributed by atoms with Crippen LogP contribution >= 0.6 is 23.4 Å². The lowest BCUT2D eigenvalue weighted by Crippen LogP contribution is -2.26. The molecule has 2 N–H and O–H groups in total. The molecule has 2 aromatic rings. The molecule has 0 atom stereocenters. The molecule has 3 rings (SSSR count). The SMILES string of the molecule is CCOc1ccccc1CNC(=O)c1cc(Cl)ccc1NC(=O)C1=C(C)OCCS1. The number of benzene rings is 2. The summed E-state index contributed by atoms with van der Waals surface area (Å²) in [7, 11) is 0. The second-order valence-corrected chi connectivity index (χ2v) is 7.99. The van der Waals surface area contributed by atoms with Gasteiger partial charge < -0.3 is 20.1 Å². The highest BCUT2D eigenvalue weighted by Gasteiger charge is 2.21. The zero-order valence-electron chi connectivity index (χ0n) is 16.8. The first-order chi connectivity index (χ1) is 14.5. The lowest BCUT2D eigenvalue weighted by atomic mass is 10.1. The third kappa shape index (κ3) is 5.49. The van der Waals surface area contributed by atoms with E-state index in [4.69, 9.17) is 21.1 Å². The zero-order chi connectivity index (χ0) is 21.5. The molecule has 0 spiro atoms. The van der Waals surface area contributed by atoms with Gasteiger partial charge in [0.05, 0.1) is 24.5 Å². The van der Waals surface area contributed by atoms with Crippen LogP contribution in [0.25, 0.3) is 0 Å². The Bertz CT molecular complexity index is 977. The summed E-state index contributed by atoms with van der Waals surface area (Å²) < 4.78 is 11.0. The van der Waals surface area contributed by atoms with E-state index in [9.17, 15) is 9.59 Å². The Morgan fingerprint density at radius 2 is 2.00 bits per heavy atom. The minimum Gasteiger partial charge on any atom is -0.496 e. The predicted octanol–water partition coefficient (Wildman–Crippen LogP) is 4.60. The van der Waals surface area contributed by atoms with E-state index in [0.717, 1.165) is 11.3 Å². The number of nitrogens with one attached hydrogen (secondary N) is 2. The number of para-hydroxylation sites is 1. The number of rotatable bonds is 7. The molecule has 158 valence electrons. The zero-order valence-corrected chi connectivity index (χ0v) is 18.4. The molecular formula is C22H23ClN2O4S. The van der Waals surface area contributed by atoms with Gasteiger partial charge in [0.15, 0.2) is 0 Å². The number of anilines is 1. The third-order valence-corrected chi connectivity index (χ3v) is 5.73. The van der Waals surface area contributed by atoms with Crippen molar-refractivity contribution in [3.05, 3.63) is 69.3 Å². The van der Waals surface area contributed by atoms with Gasteiger partial charge in [0.1, 0.15) is 16.4 Å². The van der Waals surface area contributed by atoms with Crippen molar-refractivity contribution in [3.8, 4) is 5.75 Å². The van der Waals surface area contributed by atoms with E-state index in [-0.39, 0.29) is 23.9 Å². The smallest absolute Gasteiger partial charge is 0.265 e. The predicted molar refractivity (Wildman–Crippen MR) is 120 cm³/mol. The molecule has 0 aromatic heterocycles. The fourth-order valence-electron chi connectivity index (χ4n) is 2.94. The first-order valence-corrected chi connectivity index (χ1v) is 10.9. The summed E-state index contributed by atoms with van der Waals surface area (Å²) in [5.41, 5.74) is 1.52. The van der Waals surface area contributed by atoms with Crippen molar-refractivity contribution in [2.24, 2.45) is 0 Å². The molecule has 0 bridgehead atoms. The Morgan fingerprint density at radius 3 is 2.77 bits per heavy atom. The maximum absolute atomic E-state index is 12.9. The molecule has 8 heteroatoms. The molecule has 6 nitrogen and oxygen atoms in total. The Hall–Kier alpha value is -2.64. The summed E-state index contributed by atoms with van der Waals surface area (Å²) in [5.74, 6) is 1.34. The Morgan fingerprint density at radius 1 is 1.20 bits per heavy atom. The van der Waals surface area contributed by atoms with Crippen LogP contribution in [-0.4, -0.2) is 30.8 Å². The number of thioether (sulfide) groups is 1. The number of halogens is 1. The van der Waals surface area contributed by atoms with E-state index >= 15 is 0 Å². The van der Waals surface area contributed by atoms with Gasteiger partial charge in [0, 0.05) is 22.9 Å². The fraction of sp³-hybridized carbons (Fsp3) is 0.273. The molecule has 0 radical (unpaired) electrons. The Kier molecular flexibility index (Phi) is 7.65. The van der Waals surface area contributed by atoms with Crippen molar-refractivity contribution in [1.82, 2.24) is 5.32 Å². The van der Waals surface area contributed by atoms with Gasteiger partial charge in [-0.25, -0.2) is 0 Å². The molecule has 0 saturated carbocycles. The van der Waals surface area contributed by atoms with Crippen molar-refractivity contribution < 1.29 is 19.1 Å². The second kappa shape index (κ2) is 10.4. The minimum atomic E-state index is -0.350. The highest BCUT2D eigenvalue weighted by molar-refractivity contribution is 8.04. The maximum atomic E-state index is 12.9.